The number of hydrogen-bond donors (Lipinski definition) is 2. The molecule has 1 aromatic rings. The number of hydrogen-bond acceptors (Lipinski definition) is 4. The lowest BCUT2D eigenvalue weighted by Crippen LogP contribution is -2.40. The van der Waals surface area contributed by atoms with Crippen molar-refractivity contribution in [2.75, 3.05) is 38.2 Å². The minimum atomic E-state index is -3.64. The molecule has 1 aromatic carbocycles. The number of anilines is 1. The Morgan fingerprint density at radius 1 is 1.33 bits per heavy atom. The third-order valence-corrected chi connectivity index (χ3v) is 5.83. The lowest BCUT2D eigenvalue weighted by atomic mass is 10.3. The molecule has 7 nitrogen and oxygen atoms in total. The first kappa shape index (κ1) is 19.0. The van der Waals surface area contributed by atoms with Crippen molar-refractivity contribution in [2.45, 2.75) is 24.7 Å². The fraction of sp³-hybridized carbons (Fsp3) is 0.533. The fourth-order valence-electron chi connectivity index (χ4n) is 2.24. The van der Waals surface area contributed by atoms with Crippen LogP contribution in [0.3, 0.4) is 0 Å². The molecule has 134 valence electrons. The smallest absolute Gasteiger partial charge is 0.319 e. The van der Waals surface area contributed by atoms with Crippen LogP contribution in [-0.4, -0.2) is 51.6 Å². The normalized spacial score (nSPS) is 15.9. The van der Waals surface area contributed by atoms with E-state index in [1.54, 1.807) is 0 Å². The third kappa shape index (κ3) is 4.83. The molecule has 24 heavy (non-hydrogen) atoms. The number of nitrogens with zero attached hydrogens (tertiary/aromatic N) is 1. The number of urea groups is 1. The van der Waals surface area contributed by atoms with E-state index in [1.165, 1.54) is 22.5 Å². The number of amides is 2. The number of rotatable bonds is 6. The largest absolute Gasteiger partial charge is 0.379 e. The average Bonchev–Trinajstić information content (AvgIpc) is 2.58. The number of ether oxygens (including phenoxy) is 1. The zero-order chi connectivity index (χ0) is 17.6. The van der Waals surface area contributed by atoms with E-state index in [2.05, 4.69) is 10.6 Å². The van der Waals surface area contributed by atoms with Crippen molar-refractivity contribution >= 4 is 33.3 Å². The van der Waals surface area contributed by atoms with Crippen molar-refractivity contribution in [2.24, 2.45) is 0 Å². The molecule has 1 heterocycles. The highest BCUT2D eigenvalue weighted by atomic mass is 35.5. The van der Waals surface area contributed by atoms with Crippen molar-refractivity contribution in [3.63, 3.8) is 0 Å². The number of benzene rings is 1. The van der Waals surface area contributed by atoms with Crippen molar-refractivity contribution in [1.82, 2.24) is 9.62 Å². The van der Waals surface area contributed by atoms with Gasteiger partial charge in [-0.25, -0.2) is 13.2 Å². The van der Waals surface area contributed by atoms with E-state index >= 15 is 0 Å². The Balaban J connectivity index is 2.14. The summed E-state index contributed by atoms with van der Waals surface area (Å²) in [6, 6.07) is 3.88. The maximum atomic E-state index is 12.6. The van der Waals surface area contributed by atoms with E-state index in [0.29, 0.717) is 32.8 Å². The second kappa shape index (κ2) is 8.66. The summed E-state index contributed by atoms with van der Waals surface area (Å²) in [6.45, 7) is 3.94. The monoisotopic (exact) mass is 375 g/mol. The number of carbonyl (C=O) groups excluding carboxylic acids is 1. The molecule has 9 heteroatoms. The molecule has 0 atom stereocenters. The molecule has 0 bridgehead atoms. The molecule has 0 radical (unpaired) electrons. The van der Waals surface area contributed by atoms with Gasteiger partial charge in [-0.2, -0.15) is 4.31 Å². The number of morpholine rings is 1. The van der Waals surface area contributed by atoms with Crippen LogP contribution in [0, 0.1) is 0 Å². The van der Waals surface area contributed by atoms with Gasteiger partial charge in [-0.3, -0.25) is 0 Å². The molecular weight excluding hydrogens is 354 g/mol. The van der Waals surface area contributed by atoms with Crippen molar-refractivity contribution in [3.05, 3.63) is 23.2 Å². The Bertz CT molecular complexity index is 675. The molecule has 0 saturated carbocycles. The van der Waals surface area contributed by atoms with Gasteiger partial charge in [0.05, 0.1) is 28.8 Å². The molecule has 1 fully saturated rings. The fourth-order valence-corrected chi connectivity index (χ4v) is 3.84. The van der Waals surface area contributed by atoms with E-state index in [-0.39, 0.29) is 15.6 Å². The topological polar surface area (TPSA) is 87.7 Å². The molecule has 0 spiro atoms. The van der Waals surface area contributed by atoms with Crippen LogP contribution in [0.15, 0.2) is 23.1 Å². The van der Waals surface area contributed by atoms with Crippen LogP contribution in [-0.2, 0) is 14.8 Å². The number of nitrogens with one attached hydrogen (secondary N) is 2. The van der Waals surface area contributed by atoms with Crippen LogP contribution < -0.4 is 10.6 Å². The summed E-state index contributed by atoms with van der Waals surface area (Å²) in [7, 11) is -3.64. The molecule has 2 N–H and O–H groups in total. The lowest BCUT2D eigenvalue weighted by molar-refractivity contribution is 0.0730. The van der Waals surface area contributed by atoms with Crippen molar-refractivity contribution in [3.8, 4) is 0 Å². The minimum absolute atomic E-state index is 0.0951. The molecule has 2 rings (SSSR count). The number of halogens is 1. The number of carbonyl (C=O) groups is 1. The predicted octanol–water partition coefficient (Wildman–Crippen LogP) is 2.28. The van der Waals surface area contributed by atoms with E-state index < -0.39 is 16.1 Å². The summed E-state index contributed by atoms with van der Waals surface area (Å²) in [4.78, 5) is 11.9. The second-order valence-electron chi connectivity index (χ2n) is 5.39. The van der Waals surface area contributed by atoms with E-state index in [9.17, 15) is 13.2 Å². The highest BCUT2D eigenvalue weighted by molar-refractivity contribution is 7.89. The maximum Gasteiger partial charge on any atom is 0.319 e. The van der Waals surface area contributed by atoms with Crippen molar-refractivity contribution in [1.29, 1.82) is 0 Å². The average molecular weight is 376 g/mol. The minimum Gasteiger partial charge on any atom is -0.379 e. The predicted molar refractivity (Wildman–Crippen MR) is 93.0 cm³/mol. The maximum absolute atomic E-state index is 12.6. The van der Waals surface area contributed by atoms with Gasteiger partial charge in [-0.1, -0.05) is 24.9 Å². The number of unbranched alkanes of at least 4 members (excludes halogenated alkanes) is 1. The molecule has 2 amide bonds. The molecule has 1 aliphatic rings. The molecule has 1 saturated heterocycles. The Labute approximate surface area is 147 Å². The molecule has 0 aromatic heterocycles. The molecule has 1 aliphatic heterocycles. The van der Waals surface area contributed by atoms with Crippen LogP contribution >= 0.6 is 11.6 Å². The first-order valence-electron chi connectivity index (χ1n) is 7.87. The van der Waals surface area contributed by atoms with Gasteiger partial charge in [-0.15, -0.1) is 0 Å². The van der Waals surface area contributed by atoms with E-state index in [1.807, 2.05) is 6.92 Å². The Morgan fingerprint density at radius 3 is 2.71 bits per heavy atom. The van der Waals surface area contributed by atoms with Gasteiger partial charge in [-0.05, 0) is 24.6 Å². The first-order chi connectivity index (χ1) is 11.4. The quantitative estimate of drug-likeness (QED) is 0.746. The van der Waals surface area contributed by atoms with Crippen LogP contribution in [0.1, 0.15) is 19.8 Å². The summed E-state index contributed by atoms with van der Waals surface area (Å²) < 4.78 is 31.8. The highest BCUT2D eigenvalue weighted by Gasteiger charge is 2.27. The first-order valence-corrected chi connectivity index (χ1v) is 9.69. The van der Waals surface area contributed by atoms with Crippen LogP contribution in [0.25, 0.3) is 0 Å². The van der Waals surface area contributed by atoms with Gasteiger partial charge in [0.2, 0.25) is 10.0 Å². The van der Waals surface area contributed by atoms with Crippen molar-refractivity contribution < 1.29 is 17.9 Å². The second-order valence-corrected chi connectivity index (χ2v) is 7.74. The standard InChI is InChI=1S/C15H22ClN3O4S/c1-2-3-6-17-15(20)18-14-11-12(4-5-13(14)16)24(21,22)19-7-9-23-10-8-19/h4-5,11H,2-3,6-10H2,1H3,(H2,17,18,20). The van der Waals surface area contributed by atoms with Gasteiger partial charge in [0.25, 0.3) is 0 Å². The highest BCUT2D eigenvalue weighted by Crippen LogP contribution is 2.27. The summed E-state index contributed by atoms with van der Waals surface area (Å²) in [5, 5.41) is 5.57. The Kier molecular flexibility index (Phi) is 6.85. The van der Waals surface area contributed by atoms with Gasteiger partial charge < -0.3 is 15.4 Å². The summed E-state index contributed by atoms with van der Waals surface area (Å²) in [5.41, 5.74) is 0.264. The molecule has 0 aliphatic carbocycles. The van der Waals surface area contributed by atoms with E-state index in [4.69, 9.17) is 16.3 Å². The van der Waals surface area contributed by atoms with Gasteiger partial charge >= 0.3 is 6.03 Å². The number of sulfonamides is 1. The van der Waals surface area contributed by atoms with E-state index in [0.717, 1.165) is 12.8 Å². The Morgan fingerprint density at radius 2 is 2.04 bits per heavy atom. The zero-order valence-electron chi connectivity index (χ0n) is 13.5. The third-order valence-electron chi connectivity index (χ3n) is 3.61. The summed E-state index contributed by atoms with van der Waals surface area (Å²) in [6.07, 6.45) is 1.83. The summed E-state index contributed by atoms with van der Waals surface area (Å²) in [5.74, 6) is 0. The Hall–Kier alpha value is -1.35. The SMILES string of the molecule is CCCCNC(=O)Nc1cc(S(=O)(=O)N2CCOCC2)ccc1Cl. The van der Waals surface area contributed by atoms with Gasteiger partial charge in [0.1, 0.15) is 0 Å². The van der Waals surface area contributed by atoms with Crippen LogP contribution in [0.2, 0.25) is 5.02 Å². The van der Waals surface area contributed by atoms with Crippen LogP contribution in [0.5, 0.6) is 0 Å². The molecule has 0 unspecified atom stereocenters. The van der Waals surface area contributed by atoms with Gasteiger partial charge in [0.15, 0.2) is 0 Å². The van der Waals surface area contributed by atoms with Crippen LogP contribution in [0.4, 0.5) is 10.5 Å². The molecular formula is C15H22ClN3O4S. The summed E-state index contributed by atoms with van der Waals surface area (Å²) >= 11 is 6.07. The van der Waals surface area contributed by atoms with Gasteiger partial charge in [0, 0.05) is 19.6 Å². The zero-order valence-corrected chi connectivity index (χ0v) is 15.1. The lowest BCUT2D eigenvalue weighted by Gasteiger charge is -2.26.